The summed E-state index contributed by atoms with van der Waals surface area (Å²) in [5.41, 5.74) is 5.80. The van der Waals surface area contributed by atoms with Crippen LogP contribution in [0.1, 0.15) is 36.0 Å². The molecule has 5 heteroatoms. The number of ether oxygens (including phenoxy) is 1. The van der Waals surface area contributed by atoms with E-state index in [9.17, 15) is 9.18 Å². The molecule has 1 rings (SSSR count). The summed E-state index contributed by atoms with van der Waals surface area (Å²) in [4.78, 5) is 11.8. The number of benzene rings is 1. The van der Waals surface area contributed by atoms with E-state index in [1.807, 2.05) is 0 Å². The molecule has 1 aromatic rings. The lowest BCUT2D eigenvalue weighted by molar-refractivity contribution is 0.0952. The van der Waals surface area contributed by atoms with Crippen LogP contribution in [0.3, 0.4) is 0 Å². The molecule has 0 bridgehead atoms. The molecular formula is C14H21FN2O2. The van der Waals surface area contributed by atoms with Gasteiger partial charge in [0.05, 0.1) is 7.11 Å². The van der Waals surface area contributed by atoms with Crippen LogP contribution in [0.15, 0.2) is 18.2 Å². The number of unbranched alkanes of at least 4 members (excludes halogenated alkanes) is 3. The van der Waals surface area contributed by atoms with Gasteiger partial charge in [0, 0.05) is 12.1 Å². The maximum atomic E-state index is 13.2. The highest BCUT2D eigenvalue weighted by Gasteiger charge is 2.09. The molecule has 0 radical (unpaired) electrons. The summed E-state index contributed by atoms with van der Waals surface area (Å²) >= 11 is 0. The molecule has 106 valence electrons. The second kappa shape index (κ2) is 8.48. The Labute approximate surface area is 113 Å². The van der Waals surface area contributed by atoms with Crippen LogP contribution in [-0.4, -0.2) is 26.1 Å². The lowest BCUT2D eigenvalue weighted by atomic mass is 10.1. The highest BCUT2D eigenvalue weighted by molar-refractivity contribution is 5.94. The highest BCUT2D eigenvalue weighted by Crippen LogP contribution is 2.18. The van der Waals surface area contributed by atoms with E-state index in [0.717, 1.165) is 25.7 Å². The molecule has 4 nitrogen and oxygen atoms in total. The number of carbonyl (C=O) groups excluding carboxylic acids is 1. The maximum absolute atomic E-state index is 13.2. The van der Waals surface area contributed by atoms with E-state index in [4.69, 9.17) is 10.5 Å². The second-order valence-electron chi connectivity index (χ2n) is 4.31. The Hall–Kier alpha value is -1.62. The third-order valence-electron chi connectivity index (χ3n) is 2.83. The largest absolute Gasteiger partial charge is 0.494 e. The van der Waals surface area contributed by atoms with Gasteiger partial charge in [-0.1, -0.05) is 12.8 Å². The second-order valence-corrected chi connectivity index (χ2v) is 4.31. The first kappa shape index (κ1) is 15.4. The van der Waals surface area contributed by atoms with E-state index < -0.39 is 5.82 Å². The monoisotopic (exact) mass is 268 g/mol. The minimum Gasteiger partial charge on any atom is -0.494 e. The molecule has 0 saturated heterocycles. The van der Waals surface area contributed by atoms with Crippen molar-refractivity contribution in [3.8, 4) is 5.75 Å². The molecule has 0 aliphatic rings. The van der Waals surface area contributed by atoms with Gasteiger partial charge >= 0.3 is 0 Å². The first-order valence-corrected chi connectivity index (χ1v) is 6.51. The average molecular weight is 268 g/mol. The molecule has 0 aromatic heterocycles. The van der Waals surface area contributed by atoms with E-state index in [1.165, 1.54) is 25.3 Å². The molecule has 0 unspecified atom stereocenters. The van der Waals surface area contributed by atoms with Crippen LogP contribution >= 0.6 is 0 Å². The Morgan fingerprint density at radius 1 is 1.32 bits per heavy atom. The van der Waals surface area contributed by atoms with Crippen molar-refractivity contribution in [2.24, 2.45) is 5.73 Å². The van der Waals surface area contributed by atoms with Gasteiger partial charge in [-0.2, -0.15) is 0 Å². The van der Waals surface area contributed by atoms with Gasteiger partial charge in [0.2, 0.25) is 0 Å². The van der Waals surface area contributed by atoms with Crippen molar-refractivity contribution in [1.82, 2.24) is 5.32 Å². The summed E-state index contributed by atoms with van der Waals surface area (Å²) in [6, 6.07) is 4.08. The molecule has 0 saturated carbocycles. The number of nitrogens with one attached hydrogen (secondary N) is 1. The minimum atomic E-state index is -0.471. The number of nitrogens with two attached hydrogens (primary N) is 1. The van der Waals surface area contributed by atoms with Crippen molar-refractivity contribution in [2.75, 3.05) is 20.2 Å². The number of hydrogen-bond acceptors (Lipinski definition) is 3. The molecule has 19 heavy (non-hydrogen) atoms. The smallest absolute Gasteiger partial charge is 0.251 e. The van der Waals surface area contributed by atoms with E-state index >= 15 is 0 Å². The minimum absolute atomic E-state index is 0.0793. The summed E-state index contributed by atoms with van der Waals surface area (Å²) in [5.74, 6) is -0.603. The summed E-state index contributed by atoms with van der Waals surface area (Å²) in [5, 5.41) is 2.80. The fourth-order valence-electron chi connectivity index (χ4n) is 1.73. The summed E-state index contributed by atoms with van der Waals surface area (Å²) in [7, 11) is 1.37. The molecule has 0 spiro atoms. The number of halogens is 1. The van der Waals surface area contributed by atoms with Crippen LogP contribution in [0.5, 0.6) is 5.75 Å². The van der Waals surface area contributed by atoms with Crippen molar-refractivity contribution in [3.63, 3.8) is 0 Å². The zero-order chi connectivity index (χ0) is 14.1. The molecule has 0 atom stereocenters. The number of carbonyl (C=O) groups is 1. The summed E-state index contributed by atoms with van der Waals surface area (Å²) < 4.78 is 18.0. The number of amides is 1. The highest BCUT2D eigenvalue weighted by atomic mass is 19.1. The van der Waals surface area contributed by atoms with Crippen LogP contribution in [0.2, 0.25) is 0 Å². The molecule has 0 fully saturated rings. The average Bonchev–Trinajstić information content (AvgIpc) is 2.43. The fraction of sp³-hybridized carbons (Fsp3) is 0.500. The number of rotatable bonds is 8. The lowest BCUT2D eigenvalue weighted by Crippen LogP contribution is -2.24. The van der Waals surface area contributed by atoms with E-state index in [2.05, 4.69) is 5.32 Å². The van der Waals surface area contributed by atoms with Crippen molar-refractivity contribution in [1.29, 1.82) is 0 Å². The van der Waals surface area contributed by atoms with Gasteiger partial charge in [0.1, 0.15) is 0 Å². The molecule has 0 aliphatic heterocycles. The third kappa shape index (κ3) is 5.26. The molecule has 1 amide bonds. The van der Waals surface area contributed by atoms with Gasteiger partial charge in [0.25, 0.3) is 5.91 Å². The number of methoxy groups -OCH3 is 1. The van der Waals surface area contributed by atoms with E-state index in [1.54, 1.807) is 0 Å². The van der Waals surface area contributed by atoms with Crippen molar-refractivity contribution >= 4 is 5.91 Å². The van der Waals surface area contributed by atoms with Crippen molar-refractivity contribution in [3.05, 3.63) is 29.6 Å². The standard InChI is InChI=1S/C14H21FN2O2/c1-19-13-10-11(6-7-12(13)15)14(18)17-9-5-3-2-4-8-16/h6-7,10H,2-5,8-9,16H2,1H3,(H,17,18). The maximum Gasteiger partial charge on any atom is 0.251 e. The van der Waals surface area contributed by atoms with Gasteiger partial charge in [-0.05, 0) is 37.6 Å². The topological polar surface area (TPSA) is 64.3 Å². The quantitative estimate of drug-likeness (QED) is 0.709. The predicted octanol–water partition coefficient (Wildman–Crippen LogP) is 2.08. The Balaban J connectivity index is 2.37. The first-order chi connectivity index (χ1) is 9.19. The zero-order valence-corrected chi connectivity index (χ0v) is 11.2. The molecule has 0 aliphatic carbocycles. The van der Waals surface area contributed by atoms with E-state index in [-0.39, 0.29) is 11.7 Å². The summed E-state index contributed by atoms with van der Waals surface area (Å²) in [6.45, 7) is 1.32. The molecule has 3 N–H and O–H groups in total. The predicted molar refractivity (Wildman–Crippen MR) is 72.8 cm³/mol. The van der Waals surface area contributed by atoms with Crippen LogP contribution in [0.25, 0.3) is 0 Å². The van der Waals surface area contributed by atoms with Crippen LogP contribution in [0.4, 0.5) is 4.39 Å². The first-order valence-electron chi connectivity index (χ1n) is 6.51. The van der Waals surface area contributed by atoms with Gasteiger partial charge in [-0.25, -0.2) is 4.39 Å². The fourth-order valence-corrected chi connectivity index (χ4v) is 1.73. The Kier molecular flexibility index (Phi) is 6.89. The van der Waals surface area contributed by atoms with E-state index in [0.29, 0.717) is 18.7 Å². The molecule has 0 heterocycles. The Morgan fingerprint density at radius 2 is 2.05 bits per heavy atom. The van der Waals surface area contributed by atoms with Gasteiger partial charge in [0.15, 0.2) is 11.6 Å². The number of hydrogen-bond donors (Lipinski definition) is 2. The Morgan fingerprint density at radius 3 is 2.74 bits per heavy atom. The Bertz CT molecular complexity index is 410. The van der Waals surface area contributed by atoms with Crippen LogP contribution in [-0.2, 0) is 0 Å². The molecule has 1 aromatic carbocycles. The third-order valence-corrected chi connectivity index (χ3v) is 2.83. The van der Waals surface area contributed by atoms with Gasteiger partial charge < -0.3 is 15.8 Å². The van der Waals surface area contributed by atoms with Crippen LogP contribution < -0.4 is 15.8 Å². The normalized spacial score (nSPS) is 10.3. The lowest BCUT2D eigenvalue weighted by Gasteiger charge is -2.07. The van der Waals surface area contributed by atoms with Gasteiger partial charge in [-0.3, -0.25) is 4.79 Å². The SMILES string of the molecule is COc1cc(C(=O)NCCCCCCN)ccc1F. The van der Waals surface area contributed by atoms with Gasteiger partial charge in [-0.15, -0.1) is 0 Å². The summed E-state index contributed by atoms with van der Waals surface area (Å²) in [6.07, 6.45) is 4.06. The zero-order valence-electron chi connectivity index (χ0n) is 11.2. The molecular weight excluding hydrogens is 247 g/mol. The van der Waals surface area contributed by atoms with Crippen molar-refractivity contribution < 1.29 is 13.9 Å². The van der Waals surface area contributed by atoms with Crippen LogP contribution in [0, 0.1) is 5.82 Å². The van der Waals surface area contributed by atoms with Crippen molar-refractivity contribution in [2.45, 2.75) is 25.7 Å².